The van der Waals surface area contributed by atoms with E-state index in [9.17, 15) is 0 Å². The van der Waals surface area contributed by atoms with Crippen LogP contribution >= 0.6 is 0 Å². The van der Waals surface area contributed by atoms with Crippen molar-refractivity contribution in [2.75, 3.05) is 0 Å². The summed E-state index contributed by atoms with van der Waals surface area (Å²) in [5, 5.41) is 3.53. The Morgan fingerprint density at radius 1 is 0.947 bits per heavy atom. The van der Waals surface area contributed by atoms with Crippen LogP contribution in [0.3, 0.4) is 0 Å². The Morgan fingerprint density at radius 3 is 2.53 bits per heavy atom. The van der Waals surface area contributed by atoms with Crippen LogP contribution in [0.25, 0.3) is 0 Å². The van der Waals surface area contributed by atoms with Crippen molar-refractivity contribution in [1.82, 2.24) is 5.32 Å². The van der Waals surface area contributed by atoms with Crippen LogP contribution in [0.4, 0.5) is 0 Å². The molecule has 1 saturated carbocycles. The van der Waals surface area contributed by atoms with Gasteiger partial charge in [0.15, 0.2) is 0 Å². The smallest absolute Gasteiger partial charge is 0.119 e. The van der Waals surface area contributed by atoms with Crippen molar-refractivity contribution >= 4 is 0 Å². The minimum absolute atomic E-state index is 0.626. The molecule has 3 rings (SSSR count). The Kier molecular flexibility index (Phi) is 3.80. The van der Waals surface area contributed by atoms with E-state index >= 15 is 0 Å². The van der Waals surface area contributed by atoms with Crippen molar-refractivity contribution < 1.29 is 4.74 Å². The van der Waals surface area contributed by atoms with E-state index in [0.717, 1.165) is 18.3 Å². The molecular weight excluding hydrogens is 234 g/mol. The van der Waals surface area contributed by atoms with Gasteiger partial charge in [-0.3, -0.25) is 0 Å². The summed E-state index contributed by atoms with van der Waals surface area (Å²) in [6.07, 6.45) is 2.66. The molecule has 0 unspecified atom stereocenters. The highest BCUT2D eigenvalue weighted by atomic mass is 16.5. The van der Waals surface area contributed by atoms with Crippen molar-refractivity contribution in [2.45, 2.75) is 32.0 Å². The third-order valence-corrected chi connectivity index (χ3v) is 3.31. The van der Waals surface area contributed by atoms with E-state index in [1.807, 2.05) is 30.3 Å². The van der Waals surface area contributed by atoms with Crippen molar-refractivity contribution in [1.29, 1.82) is 0 Å². The van der Waals surface area contributed by atoms with Crippen LogP contribution in [0, 0.1) is 0 Å². The highest BCUT2D eigenvalue weighted by Gasteiger charge is 2.19. The fourth-order valence-electron chi connectivity index (χ4n) is 2.06. The molecule has 2 aromatic carbocycles. The molecule has 0 bridgehead atoms. The summed E-state index contributed by atoms with van der Waals surface area (Å²) in [7, 11) is 0. The SMILES string of the molecule is c1ccc(OCc2cccc(CNC3CC3)c2)cc1. The molecule has 98 valence electrons. The zero-order valence-corrected chi connectivity index (χ0v) is 11.0. The van der Waals surface area contributed by atoms with Crippen LogP contribution in [0.5, 0.6) is 5.75 Å². The van der Waals surface area contributed by atoms with Crippen LogP contribution in [0.2, 0.25) is 0 Å². The maximum absolute atomic E-state index is 5.76. The van der Waals surface area contributed by atoms with Gasteiger partial charge in [0.1, 0.15) is 12.4 Å². The van der Waals surface area contributed by atoms with Crippen LogP contribution in [-0.2, 0) is 13.2 Å². The maximum Gasteiger partial charge on any atom is 0.119 e. The summed E-state index contributed by atoms with van der Waals surface area (Å²) in [5.41, 5.74) is 2.56. The molecule has 0 atom stereocenters. The van der Waals surface area contributed by atoms with E-state index in [-0.39, 0.29) is 0 Å². The molecule has 0 amide bonds. The van der Waals surface area contributed by atoms with Gasteiger partial charge in [-0.1, -0.05) is 42.5 Å². The monoisotopic (exact) mass is 253 g/mol. The molecule has 2 aromatic rings. The minimum Gasteiger partial charge on any atom is -0.489 e. The molecule has 0 radical (unpaired) electrons. The van der Waals surface area contributed by atoms with Gasteiger partial charge in [0, 0.05) is 12.6 Å². The lowest BCUT2D eigenvalue weighted by Crippen LogP contribution is -2.15. The molecule has 2 nitrogen and oxygen atoms in total. The van der Waals surface area contributed by atoms with Gasteiger partial charge in [0.25, 0.3) is 0 Å². The number of rotatable bonds is 6. The molecule has 0 aromatic heterocycles. The van der Waals surface area contributed by atoms with Gasteiger partial charge in [-0.25, -0.2) is 0 Å². The first-order chi connectivity index (χ1) is 9.40. The first-order valence-corrected chi connectivity index (χ1v) is 6.89. The van der Waals surface area contributed by atoms with Gasteiger partial charge in [0.2, 0.25) is 0 Å². The second-order valence-corrected chi connectivity index (χ2v) is 5.08. The number of hydrogen-bond donors (Lipinski definition) is 1. The zero-order valence-electron chi connectivity index (χ0n) is 11.0. The number of nitrogens with one attached hydrogen (secondary N) is 1. The standard InChI is InChI=1S/C17H19NO/c1-2-7-17(8-3-1)19-13-15-6-4-5-14(11-15)12-18-16-9-10-16/h1-8,11,16,18H,9-10,12-13H2. The lowest BCUT2D eigenvalue weighted by atomic mass is 10.1. The summed E-state index contributed by atoms with van der Waals surface area (Å²) in [6.45, 7) is 1.59. The van der Waals surface area contributed by atoms with Crippen LogP contribution in [0.15, 0.2) is 54.6 Å². The molecule has 0 heterocycles. The van der Waals surface area contributed by atoms with Crippen molar-refractivity contribution in [3.63, 3.8) is 0 Å². The average Bonchev–Trinajstić information content (AvgIpc) is 3.29. The summed E-state index contributed by atoms with van der Waals surface area (Å²) in [5.74, 6) is 0.920. The Balaban J connectivity index is 1.56. The summed E-state index contributed by atoms with van der Waals surface area (Å²) in [4.78, 5) is 0. The number of para-hydroxylation sites is 1. The van der Waals surface area contributed by atoms with E-state index < -0.39 is 0 Å². The van der Waals surface area contributed by atoms with E-state index in [0.29, 0.717) is 6.61 Å². The molecular formula is C17H19NO. The molecule has 0 saturated heterocycles. The Hall–Kier alpha value is -1.80. The van der Waals surface area contributed by atoms with Gasteiger partial charge in [0.05, 0.1) is 0 Å². The normalized spacial score (nSPS) is 14.3. The highest BCUT2D eigenvalue weighted by Crippen LogP contribution is 2.19. The van der Waals surface area contributed by atoms with E-state index in [1.165, 1.54) is 24.0 Å². The van der Waals surface area contributed by atoms with Gasteiger partial charge < -0.3 is 10.1 Å². The molecule has 1 aliphatic rings. The first-order valence-electron chi connectivity index (χ1n) is 6.89. The van der Waals surface area contributed by atoms with Crippen LogP contribution < -0.4 is 10.1 Å². The van der Waals surface area contributed by atoms with Crippen LogP contribution in [0.1, 0.15) is 24.0 Å². The quantitative estimate of drug-likeness (QED) is 0.850. The Morgan fingerprint density at radius 2 is 1.74 bits per heavy atom. The topological polar surface area (TPSA) is 21.3 Å². The lowest BCUT2D eigenvalue weighted by molar-refractivity contribution is 0.306. The van der Waals surface area contributed by atoms with Gasteiger partial charge in [-0.2, -0.15) is 0 Å². The van der Waals surface area contributed by atoms with Crippen molar-refractivity contribution in [3.05, 3.63) is 65.7 Å². The molecule has 2 heteroatoms. The van der Waals surface area contributed by atoms with Crippen molar-refractivity contribution in [3.8, 4) is 5.75 Å². The van der Waals surface area contributed by atoms with Crippen LogP contribution in [-0.4, -0.2) is 6.04 Å². The summed E-state index contributed by atoms with van der Waals surface area (Å²) in [6, 6.07) is 19.3. The Labute approximate surface area is 114 Å². The average molecular weight is 253 g/mol. The van der Waals surface area contributed by atoms with Crippen molar-refractivity contribution in [2.24, 2.45) is 0 Å². The Bertz CT molecular complexity index is 520. The van der Waals surface area contributed by atoms with Gasteiger partial charge in [-0.05, 0) is 36.1 Å². The molecule has 0 aliphatic heterocycles. The van der Waals surface area contributed by atoms with E-state index in [1.54, 1.807) is 0 Å². The predicted octanol–water partition coefficient (Wildman–Crippen LogP) is 3.52. The second-order valence-electron chi connectivity index (χ2n) is 5.08. The summed E-state index contributed by atoms with van der Waals surface area (Å²) < 4.78 is 5.76. The van der Waals surface area contributed by atoms with Gasteiger partial charge >= 0.3 is 0 Å². The second kappa shape index (κ2) is 5.89. The molecule has 0 spiro atoms. The number of ether oxygens (including phenoxy) is 1. The third kappa shape index (κ3) is 3.83. The zero-order chi connectivity index (χ0) is 12.9. The molecule has 1 fully saturated rings. The largest absolute Gasteiger partial charge is 0.489 e. The lowest BCUT2D eigenvalue weighted by Gasteiger charge is -2.08. The third-order valence-electron chi connectivity index (χ3n) is 3.31. The summed E-state index contributed by atoms with van der Waals surface area (Å²) >= 11 is 0. The molecule has 1 aliphatic carbocycles. The van der Waals surface area contributed by atoms with E-state index in [4.69, 9.17) is 4.74 Å². The fourth-order valence-corrected chi connectivity index (χ4v) is 2.06. The molecule has 1 N–H and O–H groups in total. The predicted molar refractivity (Wildman–Crippen MR) is 77.1 cm³/mol. The highest BCUT2D eigenvalue weighted by molar-refractivity contribution is 5.25. The molecule has 19 heavy (non-hydrogen) atoms. The maximum atomic E-state index is 5.76. The van der Waals surface area contributed by atoms with E-state index in [2.05, 4.69) is 29.6 Å². The minimum atomic E-state index is 0.626. The first kappa shape index (κ1) is 12.2. The number of benzene rings is 2. The fraction of sp³-hybridized carbons (Fsp3) is 0.294. The van der Waals surface area contributed by atoms with Gasteiger partial charge in [-0.15, -0.1) is 0 Å². The number of hydrogen-bond acceptors (Lipinski definition) is 2.